The SMILES string of the molecule is COc1ccc(-c2ccc(/C=C\C(N)=O)o2)c(Br)c1. The highest BCUT2D eigenvalue weighted by Crippen LogP contribution is 2.32. The van der Waals surface area contributed by atoms with E-state index in [1.54, 1.807) is 13.2 Å². The number of carbonyl (C=O) groups excluding carboxylic acids is 1. The van der Waals surface area contributed by atoms with E-state index in [-0.39, 0.29) is 0 Å². The second-order valence-corrected chi connectivity index (χ2v) is 4.64. The monoisotopic (exact) mass is 321 g/mol. The average molecular weight is 322 g/mol. The Morgan fingerprint density at radius 3 is 2.79 bits per heavy atom. The zero-order chi connectivity index (χ0) is 13.8. The first-order valence-electron chi connectivity index (χ1n) is 5.51. The molecule has 1 amide bonds. The summed E-state index contributed by atoms with van der Waals surface area (Å²) < 4.78 is 11.6. The molecule has 0 saturated carbocycles. The van der Waals surface area contributed by atoms with Crippen LogP contribution in [0.2, 0.25) is 0 Å². The van der Waals surface area contributed by atoms with E-state index < -0.39 is 5.91 Å². The van der Waals surface area contributed by atoms with Gasteiger partial charge in [-0.3, -0.25) is 4.79 Å². The molecule has 2 rings (SSSR count). The Balaban J connectivity index is 2.30. The van der Waals surface area contributed by atoms with Gasteiger partial charge >= 0.3 is 0 Å². The van der Waals surface area contributed by atoms with Crippen LogP contribution in [-0.2, 0) is 4.79 Å². The molecule has 4 nitrogen and oxygen atoms in total. The molecular weight excluding hydrogens is 310 g/mol. The van der Waals surface area contributed by atoms with Crippen molar-refractivity contribution < 1.29 is 13.9 Å². The highest BCUT2D eigenvalue weighted by atomic mass is 79.9. The number of halogens is 1. The van der Waals surface area contributed by atoms with E-state index >= 15 is 0 Å². The number of nitrogens with two attached hydrogens (primary N) is 1. The summed E-state index contributed by atoms with van der Waals surface area (Å²) in [6.45, 7) is 0. The minimum Gasteiger partial charge on any atom is -0.497 e. The molecule has 0 aliphatic rings. The molecular formula is C14H12BrNO3. The molecule has 2 aromatic rings. The van der Waals surface area contributed by atoms with E-state index in [0.29, 0.717) is 11.5 Å². The van der Waals surface area contributed by atoms with E-state index in [2.05, 4.69) is 15.9 Å². The minimum atomic E-state index is -0.511. The third kappa shape index (κ3) is 3.26. The topological polar surface area (TPSA) is 65.5 Å². The Morgan fingerprint density at radius 2 is 2.16 bits per heavy atom. The Labute approximate surface area is 119 Å². The van der Waals surface area contributed by atoms with Gasteiger partial charge in [-0.2, -0.15) is 0 Å². The number of hydrogen-bond acceptors (Lipinski definition) is 3. The van der Waals surface area contributed by atoms with E-state index in [1.165, 1.54) is 12.2 Å². The highest BCUT2D eigenvalue weighted by molar-refractivity contribution is 9.10. The summed E-state index contributed by atoms with van der Waals surface area (Å²) in [6, 6.07) is 9.19. The van der Waals surface area contributed by atoms with Crippen LogP contribution < -0.4 is 10.5 Å². The van der Waals surface area contributed by atoms with Crippen molar-refractivity contribution in [2.24, 2.45) is 5.73 Å². The quantitative estimate of drug-likeness (QED) is 0.879. The number of methoxy groups -OCH3 is 1. The van der Waals surface area contributed by atoms with Gasteiger partial charge in [-0.1, -0.05) is 0 Å². The maximum Gasteiger partial charge on any atom is 0.241 e. The first-order valence-corrected chi connectivity index (χ1v) is 6.30. The predicted molar refractivity (Wildman–Crippen MR) is 76.6 cm³/mol. The van der Waals surface area contributed by atoms with E-state index in [4.69, 9.17) is 14.9 Å². The second-order valence-electron chi connectivity index (χ2n) is 3.78. The number of carbonyl (C=O) groups is 1. The number of hydrogen-bond donors (Lipinski definition) is 1. The van der Waals surface area contributed by atoms with Crippen LogP contribution in [0.5, 0.6) is 5.75 Å². The minimum absolute atomic E-state index is 0.511. The van der Waals surface area contributed by atoms with Gasteiger partial charge in [0.05, 0.1) is 7.11 Å². The number of rotatable bonds is 4. The highest BCUT2D eigenvalue weighted by Gasteiger charge is 2.08. The van der Waals surface area contributed by atoms with Crippen LogP contribution in [0.3, 0.4) is 0 Å². The number of amides is 1. The third-order valence-corrected chi connectivity index (χ3v) is 3.14. The van der Waals surface area contributed by atoms with E-state index in [0.717, 1.165) is 15.8 Å². The van der Waals surface area contributed by atoms with Crippen LogP contribution in [0.4, 0.5) is 0 Å². The van der Waals surface area contributed by atoms with Gasteiger partial charge < -0.3 is 14.9 Å². The fourth-order valence-electron chi connectivity index (χ4n) is 1.57. The summed E-state index contributed by atoms with van der Waals surface area (Å²) >= 11 is 3.46. The average Bonchev–Trinajstić information content (AvgIpc) is 2.84. The molecule has 0 atom stereocenters. The number of ether oxygens (including phenoxy) is 1. The molecule has 5 heteroatoms. The van der Waals surface area contributed by atoms with Crippen molar-refractivity contribution in [3.05, 3.63) is 46.6 Å². The van der Waals surface area contributed by atoms with Crippen molar-refractivity contribution >= 4 is 27.9 Å². The normalized spacial score (nSPS) is 10.8. The Morgan fingerprint density at radius 1 is 1.37 bits per heavy atom. The first-order chi connectivity index (χ1) is 9.10. The number of benzene rings is 1. The van der Waals surface area contributed by atoms with Crippen molar-refractivity contribution in [2.75, 3.05) is 7.11 Å². The Hall–Kier alpha value is -2.01. The van der Waals surface area contributed by atoms with Crippen molar-refractivity contribution in [3.8, 4) is 17.1 Å². The predicted octanol–water partition coefficient (Wildman–Crippen LogP) is 3.22. The van der Waals surface area contributed by atoms with Crippen molar-refractivity contribution in [1.29, 1.82) is 0 Å². The molecule has 1 heterocycles. The number of primary amides is 1. The van der Waals surface area contributed by atoms with Gasteiger partial charge in [-0.15, -0.1) is 0 Å². The lowest BCUT2D eigenvalue weighted by molar-refractivity contribution is -0.113. The largest absolute Gasteiger partial charge is 0.497 e. The van der Waals surface area contributed by atoms with Gasteiger partial charge in [0.2, 0.25) is 5.91 Å². The summed E-state index contributed by atoms with van der Waals surface area (Å²) in [5.41, 5.74) is 5.93. The molecule has 19 heavy (non-hydrogen) atoms. The standard InChI is InChI=1S/C14H12BrNO3/c1-18-10-2-5-11(12(15)8-10)13-6-3-9(19-13)4-7-14(16)17/h2-8H,1H3,(H2,16,17)/b7-4-. The maximum absolute atomic E-state index is 10.6. The molecule has 0 saturated heterocycles. The van der Waals surface area contributed by atoms with Gasteiger partial charge in [0.15, 0.2) is 0 Å². The van der Waals surface area contributed by atoms with E-state index in [1.807, 2.05) is 24.3 Å². The van der Waals surface area contributed by atoms with Gasteiger partial charge in [-0.25, -0.2) is 0 Å². The van der Waals surface area contributed by atoms with Crippen LogP contribution >= 0.6 is 15.9 Å². The third-order valence-electron chi connectivity index (χ3n) is 2.48. The molecule has 2 N–H and O–H groups in total. The molecule has 1 aromatic carbocycles. The molecule has 0 aliphatic carbocycles. The smallest absolute Gasteiger partial charge is 0.241 e. The van der Waals surface area contributed by atoms with Crippen LogP contribution in [0.25, 0.3) is 17.4 Å². The molecule has 0 unspecified atom stereocenters. The molecule has 0 bridgehead atoms. The van der Waals surface area contributed by atoms with Crippen molar-refractivity contribution in [3.63, 3.8) is 0 Å². The van der Waals surface area contributed by atoms with Crippen LogP contribution in [0, 0.1) is 0 Å². The summed E-state index contributed by atoms with van der Waals surface area (Å²) in [5, 5.41) is 0. The van der Waals surface area contributed by atoms with Crippen LogP contribution in [0.1, 0.15) is 5.76 Å². The van der Waals surface area contributed by atoms with Crippen molar-refractivity contribution in [2.45, 2.75) is 0 Å². The lowest BCUT2D eigenvalue weighted by Crippen LogP contribution is -2.04. The second kappa shape index (κ2) is 5.75. The Kier molecular flexibility index (Phi) is 4.06. The molecule has 1 aromatic heterocycles. The summed E-state index contributed by atoms with van der Waals surface area (Å²) in [5.74, 6) is 1.51. The lowest BCUT2D eigenvalue weighted by Gasteiger charge is -2.04. The Bertz CT molecular complexity index is 631. The maximum atomic E-state index is 10.6. The summed E-state index contributed by atoms with van der Waals surface area (Å²) in [7, 11) is 1.61. The summed E-state index contributed by atoms with van der Waals surface area (Å²) in [4.78, 5) is 10.6. The fourth-order valence-corrected chi connectivity index (χ4v) is 2.13. The van der Waals surface area contributed by atoms with E-state index in [9.17, 15) is 4.79 Å². The number of furan rings is 1. The zero-order valence-electron chi connectivity index (χ0n) is 10.2. The van der Waals surface area contributed by atoms with Gasteiger partial charge in [0, 0.05) is 16.1 Å². The van der Waals surface area contributed by atoms with Gasteiger partial charge in [-0.05, 0) is 52.3 Å². The molecule has 0 radical (unpaired) electrons. The van der Waals surface area contributed by atoms with Crippen LogP contribution in [-0.4, -0.2) is 13.0 Å². The molecule has 98 valence electrons. The fraction of sp³-hybridized carbons (Fsp3) is 0.0714. The molecule has 0 fully saturated rings. The molecule has 0 spiro atoms. The molecule has 0 aliphatic heterocycles. The van der Waals surface area contributed by atoms with Crippen LogP contribution in [0.15, 0.2) is 45.3 Å². The summed E-state index contributed by atoms with van der Waals surface area (Å²) in [6.07, 6.45) is 2.79. The first kappa shape index (κ1) is 13.4. The lowest BCUT2D eigenvalue weighted by atomic mass is 10.2. The van der Waals surface area contributed by atoms with Crippen molar-refractivity contribution in [1.82, 2.24) is 0 Å². The van der Waals surface area contributed by atoms with Gasteiger partial charge in [0.25, 0.3) is 0 Å². The van der Waals surface area contributed by atoms with Gasteiger partial charge in [0.1, 0.15) is 17.3 Å². The zero-order valence-corrected chi connectivity index (χ0v) is 11.8.